The molecule has 0 amide bonds. The van der Waals surface area contributed by atoms with Crippen molar-refractivity contribution in [3.63, 3.8) is 0 Å². The minimum atomic E-state index is 0.0979. The highest BCUT2D eigenvalue weighted by molar-refractivity contribution is 5.53. The summed E-state index contributed by atoms with van der Waals surface area (Å²) in [6.07, 6.45) is 9.46. The number of hydrogen-bond donors (Lipinski definition) is 1. The van der Waals surface area contributed by atoms with Crippen molar-refractivity contribution >= 4 is 0 Å². The second kappa shape index (κ2) is 4.13. The van der Waals surface area contributed by atoms with Gasteiger partial charge >= 0.3 is 0 Å². The van der Waals surface area contributed by atoms with Crippen LogP contribution in [0.1, 0.15) is 54.4 Å². The molecule has 0 saturated carbocycles. The Kier molecular flexibility index (Phi) is 2.83. The Morgan fingerprint density at radius 3 is 2.55 bits per heavy atom. The van der Waals surface area contributed by atoms with Crippen molar-refractivity contribution in [2.45, 2.75) is 59.9 Å². The summed E-state index contributed by atoms with van der Waals surface area (Å²) in [7, 11) is 0. The van der Waals surface area contributed by atoms with Crippen LogP contribution in [0.5, 0.6) is 0 Å². The molecule has 2 aliphatic carbocycles. The van der Waals surface area contributed by atoms with Crippen LogP contribution in [-0.2, 0) is 0 Å². The zero-order valence-electron chi connectivity index (χ0n) is 13.7. The van der Waals surface area contributed by atoms with E-state index in [0.29, 0.717) is 5.92 Å². The van der Waals surface area contributed by atoms with Crippen molar-refractivity contribution in [2.24, 2.45) is 11.3 Å². The van der Waals surface area contributed by atoms with E-state index in [-0.39, 0.29) is 11.0 Å². The summed E-state index contributed by atoms with van der Waals surface area (Å²) in [5.74, 6) is 0.659. The Labute approximate surface area is 123 Å². The summed E-state index contributed by atoms with van der Waals surface area (Å²) in [5, 5.41) is 3.88. The fourth-order valence-electron chi connectivity index (χ4n) is 4.10. The first-order valence-electron chi connectivity index (χ1n) is 7.83. The molecule has 0 spiro atoms. The first-order valence-corrected chi connectivity index (χ1v) is 7.83. The van der Waals surface area contributed by atoms with E-state index >= 15 is 0 Å². The molecule has 1 heterocycles. The maximum Gasteiger partial charge on any atom is 0.0600 e. The van der Waals surface area contributed by atoms with Crippen molar-refractivity contribution < 1.29 is 0 Å². The van der Waals surface area contributed by atoms with Crippen molar-refractivity contribution in [2.75, 3.05) is 0 Å². The van der Waals surface area contributed by atoms with Crippen LogP contribution in [0.4, 0.5) is 0 Å². The van der Waals surface area contributed by atoms with Crippen molar-refractivity contribution in [1.29, 1.82) is 0 Å². The highest BCUT2D eigenvalue weighted by atomic mass is 15.0. The number of nitrogens with one attached hydrogen (secondary N) is 1. The second-order valence-electron chi connectivity index (χ2n) is 7.68. The van der Waals surface area contributed by atoms with E-state index in [4.69, 9.17) is 0 Å². The van der Waals surface area contributed by atoms with Gasteiger partial charge in [0, 0.05) is 11.1 Å². The SMILES string of the molecule is CC1=CCC2(C)NC3=C(C=C(C)C(C)C3)C(C)(C)C2=C1. The molecule has 0 aromatic rings. The number of allylic oxidation sites excluding steroid dienone is 6. The minimum absolute atomic E-state index is 0.0979. The molecule has 108 valence electrons. The fraction of sp³-hybridized carbons (Fsp3) is 0.579. The van der Waals surface area contributed by atoms with Gasteiger partial charge in [-0.1, -0.05) is 50.1 Å². The molecule has 1 N–H and O–H groups in total. The van der Waals surface area contributed by atoms with Crippen LogP contribution in [0.3, 0.4) is 0 Å². The van der Waals surface area contributed by atoms with Gasteiger partial charge < -0.3 is 5.32 Å². The van der Waals surface area contributed by atoms with Crippen molar-refractivity contribution in [3.8, 4) is 0 Å². The van der Waals surface area contributed by atoms with Crippen LogP contribution < -0.4 is 5.32 Å². The van der Waals surface area contributed by atoms with Gasteiger partial charge in [-0.25, -0.2) is 0 Å². The summed E-state index contributed by atoms with van der Waals surface area (Å²) < 4.78 is 0. The molecule has 2 unspecified atom stereocenters. The van der Waals surface area contributed by atoms with Gasteiger partial charge in [0.25, 0.3) is 0 Å². The van der Waals surface area contributed by atoms with E-state index in [2.05, 4.69) is 65.1 Å². The van der Waals surface area contributed by atoms with Crippen molar-refractivity contribution in [3.05, 3.63) is 46.2 Å². The van der Waals surface area contributed by atoms with Crippen molar-refractivity contribution in [1.82, 2.24) is 5.32 Å². The average Bonchev–Trinajstić information content (AvgIpc) is 2.35. The Morgan fingerprint density at radius 1 is 1.15 bits per heavy atom. The van der Waals surface area contributed by atoms with Crippen LogP contribution >= 0.6 is 0 Å². The molecule has 3 rings (SSSR count). The van der Waals surface area contributed by atoms with E-state index in [1.807, 2.05) is 0 Å². The third-order valence-corrected chi connectivity index (χ3v) is 5.56. The highest BCUT2D eigenvalue weighted by Crippen LogP contribution is 2.52. The molecule has 20 heavy (non-hydrogen) atoms. The van der Waals surface area contributed by atoms with Crippen LogP contribution in [0.2, 0.25) is 0 Å². The molecule has 3 aliphatic rings. The Morgan fingerprint density at radius 2 is 1.85 bits per heavy atom. The third-order valence-electron chi connectivity index (χ3n) is 5.56. The second-order valence-corrected chi connectivity index (χ2v) is 7.68. The summed E-state index contributed by atoms with van der Waals surface area (Å²) in [6, 6.07) is 0. The predicted molar refractivity (Wildman–Crippen MR) is 86.3 cm³/mol. The highest BCUT2D eigenvalue weighted by Gasteiger charge is 2.46. The van der Waals surface area contributed by atoms with Crippen LogP contribution in [-0.4, -0.2) is 5.54 Å². The fourth-order valence-corrected chi connectivity index (χ4v) is 4.10. The van der Waals surface area contributed by atoms with Gasteiger partial charge in [-0.3, -0.25) is 0 Å². The van der Waals surface area contributed by atoms with E-state index in [9.17, 15) is 0 Å². The van der Waals surface area contributed by atoms with Crippen LogP contribution in [0.15, 0.2) is 46.2 Å². The molecule has 1 aliphatic heterocycles. The zero-order chi connectivity index (χ0) is 14.7. The van der Waals surface area contributed by atoms with Crippen LogP contribution in [0, 0.1) is 11.3 Å². The lowest BCUT2D eigenvalue weighted by Crippen LogP contribution is -2.53. The van der Waals surface area contributed by atoms with E-state index in [1.165, 1.54) is 22.4 Å². The molecule has 0 aromatic heterocycles. The summed E-state index contributed by atoms with van der Waals surface area (Å²) >= 11 is 0. The summed E-state index contributed by atoms with van der Waals surface area (Å²) in [4.78, 5) is 0. The molecular formula is C19H27N. The van der Waals surface area contributed by atoms with E-state index < -0.39 is 0 Å². The van der Waals surface area contributed by atoms with Crippen LogP contribution in [0.25, 0.3) is 0 Å². The lowest BCUT2D eigenvalue weighted by molar-refractivity contribution is 0.321. The molecule has 1 heteroatoms. The number of fused-ring (bicyclic) bond motifs is 1. The number of hydrogen-bond acceptors (Lipinski definition) is 1. The first kappa shape index (κ1) is 13.7. The minimum Gasteiger partial charge on any atom is -0.379 e. The molecule has 0 aromatic carbocycles. The van der Waals surface area contributed by atoms with E-state index in [1.54, 1.807) is 5.57 Å². The maximum absolute atomic E-state index is 3.88. The predicted octanol–water partition coefficient (Wildman–Crippen LogP) is 4.89. The van der Waals surface area contributed by atoms with Gasteiger partial charge in [-0.15, -0.1) is 0 Å². The standard InChI is InChI=1S/C19H27N/c1-12-7-8-19(6)17(9-12)18(4,5)15-10-13(2)14(3)11-16(15)20-19/h7,9-10,14,20H,8,11H2,1-6H3. The third kappa shape index (κ3) is 1.82. The smallest absolute Gasteiger partial charge is 0.0600 e. The Bertz CT molecular complexity index is 583. The molecule has 2 atom stereocenters. The first-order chi connectivity index (χ1) is 9.24. The Hall–Kier alpha value is -1.24. The molecule has 0 radical (unpaired) electrons. The molecule has 1 nitrogen and oxygen atoms in total. The Balaban J connectivity index is 2.16. The van der Waals surface area contributed by atoms with Gasteiger partial charge in [-0.2, -0.15) is 0 Å². The number of rotatable bonds is 0. The van der Waals surface area contributed by atoms with Gasteiger partial charge in [-0.05, 0) is 50.7 Å². The molecular weight excluding hydrogens is 242 g/mol. The van der Waals surface area contributed by atoms with E-state index in [0.717, 1.165) is 12.8 Å². The quantitative estimate of drug-likeness (QED) is 0.660. The summed E-state index contributed by atoms with van der Waals surface area (Å²) in [6.45, 7) is 14.0. The lowest BCUT2D eigenvalue weighted by Gasteiger charge is -2.51. The topological polar surface area (TPSA) is 12.0 Å². The largest absolute Gasteiger partial charge is 0.379 e. The lowest BCUT2D eigenvalue weighted by atomic mass is 9.61. The molecule has 0 fully saturated rings. The molecule has 0 saturated heterocycles. The maximum atomic E-state index is 3.88. The van der Waals surface area contributed by atoms with Gasteiger partial charge in [0.1, 0.15) is 0 Å². The van der Waals surface area contributed by atoms with Gasteiger partial charge in [0.2, 0.25) is 0 Å². The normalized spacial score (nSPS) is 35.3. The summed E-state index contributed by atoms with van der Waals surface area (Å²) in [5.41, 5.74) is 7.68. The van der Waals surface area contributed by atoms with Gasteiger partial charge in [0.15, 0.2) is 0 Å². The molecule has 0 bridgehead atoms. The monoisotopic (exact) mass is 269 g/mol. The zero-order valence-corrected chi connectivity index (χ0v) is 13.7. The van der Waals surface area contributed by atoms with Gasteiger partial charge in [0.05, 0.1) is 5.54 Å². The average molecular weight is 269 g/mol.